The smallest absolute Gasteiger partial charge is 0.269 e. The lowest BCUT2D eigenvalue weighted by Crippen LogP contribution is -2.12. The maximum absolute atomic E-state index is 12.4. The highest BCUT2D eigenvalue weighted by molar-refractivity contribution is 7.08. The average molecular weight is 407 g/mol. The van der Waals surface area contributed by atoms with Crippen LogP contribution in [0.4, 0.5) is 5.69 Å². The minimum Gasteiger partial charge on any atom is -0.438 e. The van der Waals surface area contributed by atoms with Gasteiger partial charge in [-0.1, -0.05) is 17.8 Å². The van der Waals surface area contributed by atoms with E-state index in [0.717, 1.165) is 30.1 Å². The molecular formula is C19H17N7O2S. The molecule has 4 rings (SSSR count). The number of amides is 1. The van der Waals surface area contributed by atoms with E-state index in [9.17, 15) is 4.79 Å². The van der Waals surface area contributed by atoms with E-state index in [4.69, 9.17) is 4.74 Å². The Hall–Kier alpha value is -3.66. The van der Waals surface area contributed by atoms with Crippen LogP contribution in [0.15, 0.2) is 55.1 Å². The minimum absolute atomic E-state index is 0.210. The van der Waals surface area contributed by atoms with Crippen LogP contribution in [0.3, 0.4) is 0 Å². The van der Waals surface area contributed by atoms with Gasteiger partial charge >= 0.3 is 0 Å². The SMILES string of the molecule is CCCc1nnsc1C(=O)Nc1ccc(Oc2ccc(-n3ccnc3)nn2)cc1. The van der Waals surface area contributed by atoms with Crippen molar-refractivity contribution in [3.8, 4) is 17.4 Å². The standard InChI is InChI=1S/C19H17N7O2S/c1-2-3-15-18(29-25-22-15)19(27)21-13-4-6-14(7-5-13)28-17-9-8-16(23-24-17)26-11-10-20-12-26/h4-12H,2-3H2,1H3,(H,21,27). The summed E-state index contributed by atoms with van der Waals surface area (Å²) in [6.45, 7) is 2.04. The molecule has 3 aromatic heterocycles. The second-order valence-corrected chi connectivity index (χ2v) is 6.83. The third kappa shape index (κ3) is 4.43. The number of nitrogens with one attached hydrogen (secondary N) is 1. The maximum Gasteiger partial charge on any atom is 0.269 e. The zero-order valence-corrected chi connectivity index (χ0v) is 16.3. The van der Waals surface area contributed by atoms with Crippen LogP contribution in [0, 0.1) is 0 Å². The van der Waals surface area contributed by atoms with Gasteiger partial charge in [0, 0.05) is 24.1 Å². The molecule has 9 nitrogen and oxygen atoms in total. The second kappa shape index (κ2) is 8.57. The fourth-order valence-corrected chi connectivity index (χ4v) is 3.20. The topological polar surface area (TPSA) is 108 Å². The summed E-state index contributed by atoms with van der Waals surface area (Å²) in [6.07, 6.45) is 6.73. The molecule has 29 heavy (non-hydrogen) atoms. The van der Waals surface area contributed by atoms with Crippen molar-refractivity contribution in [2.75, 3.05) is 5.32 Å². The predicted molar refractivity (Wildman–Crippen MR) is 108 cm³/mol. The van der Waals surface area contributed by atoms with Gasteiger partial charge in [-0.3, -0.25) is 9.36 Å². The highest BCUT2D eigenvalue weighted by Gasteiger charge is 2.15. The van der Waals surface area contributed by atoms with Gasteiger partial charge in [0.25, 0.3) is 5.91 Å². The first kappa shape index (κ1) is 18.7. The van der Waals surface area contributed by atoms with Crippen LogP contribution in [0.2, 0.25) is 0 Å². The third-order valence-corrected chi connectivity index (χ3v) is 4.75. The molecule has 0 saturated heterocycles. The van der Waals surface area contributed by atoms with Crippen molar-refractivity contribution < 1.29 is 9.53 Å². The molecular weight excluding hydrogens is 390 g/mol. The number of ether oxygens (including phenoxy) is 1. The first-order valence-corrected chi connectivity index (χ1v) is 9.73. The van der Waals surface area contributed by atoms with E-state index in [-0.39, 0.29) is 5.91 Å². The van der Waals surface area contributed by atoms with Crippen molar-refractivity contribution in [1.29, 1.82) is 0 Å². The molecule has 146 valence electrons. The van der Waals surface area contributed by atoms with Crippen LogP contribution in [0.1, 0.15) is 28.7 Å². The zero-order chi connectivity index (χ0) is 20.1. The van der Waals surface area contributed by atoms with Crippen LogP contribution in [0.25, 0.3) is 5.82 Å². The number of aromatic nitrogens is 6. The quantitative estimate of drug-likeness (QED) is 0.499. The van der Waals surface area contributed by atoms with Crippen LogP contribution < -0.4 is 10.1 Å². The van der Waals surface area contributed by atoms with E-state index in [2.05, 4.69) is 30.1 Å². The molecule has 0 atom stereocenters. The molecule has 0 spiro atoms. The molecule has 0 aliphatic heterocycles. The summed E-state index contributed by atoms with van der Waals surface area (Å²) in [7, 11) is 0. The Morgan fingerprint density at radius 1 is 1.14 bits per heavy atom. The molecule has 0 fully saturated rings. The number of nitrogens with zero attached hydrogens (tertiary/aromatic N) is 6. The van der Waals surface area contributed by atoms with Gasteiger partial charge < -0.3 is 10.1 Å². The van der Waals surface area contributed by atoms with Crippen molar-refractivity contribution in [3.63, 3.8) is 0 Å². The van der Waals surface area contributed by atoms with E-state index < -0.39 is 0 Å². The fraction of sp³-hybridized carbons (Fsp3) is 0.158. The highest BCUT2D eigenvalue weighted by Crippen LogP contribution is 2.22. The third-order valence-electron chi connectivity index (χ3n) is 3.98. The molecule has 0 saturated carbocycles. The van der Waals surface area contributed by atoms with Crippen molar-refractivity contribution in [2.24, 2.45) is 0 Å². The first-order chi connectivity index (χ1) is 14.2. The molecule has 0 aliphatic carbocycles. The van der Waals surface area contributed by atoms with E-state index in [1.807, 2.05) is 6.92 Å². The van der Waals surface area contributed by atoms with E-state index in [1.54, 1.807) is 59.7 Å². The number of hydrogen-bond donors (Lipinski definition) is 1. The fourth-order valence-electron chi connectivity index (χ4n) is 2.60. The number of hydrogen-bond acceptors (Lipinski definition) is 8. The molecule has 0 aliphatic rings. The van der Waals surface area contributed by atoms with Gasteiger partial charge in [-0.2, -0.15) is 0 Å². The predicted octanol–water partition coefficient (Wildman–Crippen LogP) is 3.51. The molecule has 10 heteroatoms. The molecule has 0 unspecified atom stereocenters. The Morgan fingerprint density at radius 2 is 2.00 bits per heavy atom. The number of rotatable bonds is 7. The summed E-state index contributed by atoms with van der Waals surface area (Å²) in [5.41, 5.74) is 1.38. The van der Waals surface area contributed by atoms with Crippen LogP contribution in [-0.2, 0) is 6.42 Å². The lowest BCUT2D eigenvalue weighted by molar-refractivity contribution is 0.102. The van der Waals surface area contributed by atoms with Crippen molar-refractivity contribution in [1.82, 2.24) is 29.3 Å². The summed E-state index contributed by atoms with van der Waals surface area (Å²) in [5, 5.41) is 15.0. The Morgan fingerprint density at radius 3 is 2.69 bits per heavy atom. The molecule has 4 aromatic rings. The van der Waals surface area contributed by atoms with Crippen molar-refractivity contribution in [2.45, 2.75) is 19.8 Å². The summed E-state index contributed by atoms with van der Waals surface area (Å²) in [6, 6.07) is 10.5. The number of aryl methyl sites for hydroxylation is 1. The Bertz CT molecular complexity index is 1080. The first-order valence-electron chi connectivity index (χ1n) is 8.95. The van der Waals surface area contributed by atoms with E-state index in [1.165, 1.54) is 0 Å². The zero-order valence-electron chi connectivity index (χ0n) is 15.5. The molecule has 1 amide bonds. The Balaban J connectivity index is 1.39. The van der Waals surface area contributed by atoms with Gasteiger partial charge in [-0.15, -0.1) is 15.3 Å². The summed E-state index contributed by atoms with van der Waals surface area (Å²) in [4.78, 5) is 17.0. The minimum atomic E-state index is -0.210. The van der Waals surface area contributed by atoms with Gasteiger partial charge in [0.05, 0.1) is 5.69 Å². The van der Waals surface area contributed by atoms with E-state index >= 15 is 0 Å². The van der Waals surface area contributed by atoms with Crippen LogP contribution >= 0.6 is 11.5 Å². The monoisotopic (exact) mass is 407 g/mol. The summed E-state index contributed by atoms with van der Waals surface area (Å²) in [5.74, 6) is 1.38. The van der Waals surface area contributed by atoms with Gasteiger partial charge in [0.1, 0.15) is 17.0 Å². The van der Waals surface area contributed by atoms with Crippen LogP contribution in [-0.4, -0.2) is 35.2 Å². The van der Waals surface area contributed by atoms with E-state index in [0.29, 0.717) is 28.0 Å². The number of carbonyl (C=O) groups is 1. The maximum atomic E-state index is 12.4. The lowest BCUT2D eigenvalue weighted by atomic mass is 10.2. The summed E-state index contributed by atoms with van der Waals surface area (Å²) < 4.78 is 11.3. The van der Waals surface area contributed by atoms with Crippen molar-refractivity contribution in [3.05, 3.63) is 65.7 Å². The number of benzene rings is 1. The highest BCUT2D eigenvalue weighted by atomic mass is 32.1. The lowest BCUT2D eigenvalue weighted by Gasteiger charge is -2.07. The van der Waals surface area contributed by atoms with Gasteiger partial charge in [0.15, 0.2) is 5.82 Å². The van der Waals surface area contributed by atoms with Crippen molar-refractivity contribution >= 4 is 23.1 Å². The molecule has 0 radical (unpaired) electrons. The number of carbonyl (C=O) groups excluding carboxylic acids is 1. The average Bonchev–Trinajstić information content (AvgIpc) is 3.43. The van der Waals surface area contributed by atoms with Gasteiger partial charge in [0.2, 0.25) is 5.88 Å². The number of anilines is 1. The van der Waals surface area contributed by atoms with Gasteiger partial charge in [-0.25, -0.2) is 4.98 Å². The largest absolute Gasteiger partial charge is 0.438 e. The normalized spacial score (nSPS) is 10.7. The molecule has 3 heterocycles. The molecule has 1 N–H and O–H groups in total. The Kier molecular flexibility index (Phi) is 5.52. The molecule has 0 bridgehead atoms. The Labute approximate surface area is 170 Å². The molecule has 1 aromatic carbocycles. The van der Waals surface area contributed by atoms with Gasteiger partial charge in [-0.05, 0) is 48.3 Å². The number of imidazole rings is 1. The van der Waals surface area contributed by atoms with Crippen LogP contribution in [0.5, 0.6) is 11.6 Å². The summed E-state index contributed by atoms with van der Waals surface area (Å²) >= 11 is 1.10. The second-order valence-electron chi connectivity index (χ2n) is 6.08.